The second kappa shape index (κ2) is 7.26. The molecule has 0 bridgehead atoms. The summed E-state index contributed by atoms with van der Waals surface area (Å²) in [6.45, 7) is 4.37. The Morgan fingerprint density at radius 1 is 1.10 bits per heavy atom. The first-order valence-electron chi connectivity index (χ1n) is 9.45. The first-order chi connectivity index (χ1) is 14.2. The number of aliphatic hydroxyl groups excluding tert-OH is 1. The van der Waals surface area contributed by atoms with Crippen molar-refractivity contribution in [1.82, 2.24) is 24.7 Å². The number of oxazole rings is 1. The lowest BCUT2D eigenvalue weighted by Gasteiger charge is -2.27. The van der Waals surface area contributed by atoms with Crippen LogP contribution in [-0.2, 0) is 11.3 Å². The number of aryl methyl sites for hydroxylation is 1. The molecule has 0 amide bonds. The summed E-state index contributed by atoms with van der Waals surface area (Å²) in [5, 5.41) is 14.1. The summed E-state index contributed by atoms with van der Waals surface area (Å²) >= 11 is 0. The van der Waals surface area contributed by atoms with Crippen LogP contribution in [0.25, 0.3) is 28.4 Å². The Morgan fingerprint density at radius 2 is 1.97 bits per heavy atom. The molecule has 9 nitrogen and oxygen atoms in total. The van der Waals surface area contributed by atoms with Gasteiger partial charge in [-0.25, -0.2) is 9.67 Å². The van der Waals surface area contributed by atoms with E-state index in [1.165, 1.54) is 5.56 Å². The summed E-state index contributed by atoms with van der Waals surface area (Å²) in [4.78, 5) is 15.6. The Bertz CT molecular complexity index is 1160. The van der Waals surface area contributed by atoms with Crippen molar-refractivity contribution in [1.29, 1.82) is 0 Å². The zero-order chi connectivity index (χ0) is 19.8. The Kier molecular flexibility index (Phi) is 4.45. The molecule has 29 heavy (non-hydrogen) atoms. The van der Waals surface area contributed by atoms with Crippen molar-refractivity contribution in [2.24, 2.45) is 0 Å². The normalized spacial score (nSPS) is 14.6. The standard InChI is InChI=1S/C20H20N6O3/c1-13-3-2-4-14(11-13)15-5-6-26(24-15)20-22-18(25-7-9-28-10-8-25)17-19(23-20)29-16(12-27)21-17/h2-6,11,27H,7-10,12H2,1H3. The van der Waals surface area contributed by atoms with Crippen LogP contribution in [0.5, 0.6) is 0 Å². The van der Waals surface area contributed by atoms with Crippen molar-refractivity contribution in [2.75, 3.05) is 31.2 Å². The number of ether oxygens (including phenoxy) is 1. The average molecular weight is 392 g/mol. The molecule has 1 N–H and O–H groups in total. The number of rotatable bonds is 4. The van der Waals surface area contributed by atoms with Crippen LogP contribution in [0.15, 0.2) is 40.9 Å². The number of hydrogen-bond donors (Lipinski definition) is 1. The van der Waals surface area contributed by atoms with Gasteiger partial charge in [-0.3, -0.25) is 0 Å². The van der Waals surface area contributed by atoms with Gasteiger partial charge in [0, 0.05) is 24.8 Å². The largest absolute Gasteiger partial charge is 0.419 e. The third kappa shape index (κ3) is 3.34. The van der Waals surface area contributed by atoms with E-state index in [1.54, 1.807) is 4.68 Å². The molecule has 1 aliphatic heterocycles. The lowest BCUT2D eigenvalue weighted by Crippen LogP contribution is -2.37. The van der Waals surface area contributed by atoms with Gasteiger partial charge in [-0.05, 0) is 19.1 Å². The van der Waals surface area contributed by atoms with E-state index in [0.29, 0.717) is 49.3 Å². The highest BCUT2D eigenvalue weighted by molar-refractivity contribution is 5.82. The fourth-order valence-corrected chi connectivity index (χ4v) is 3.40. The van der Waals surface area contributed by atoms with E-state index in [4.69, 9.17) is 14.1 Å². The lowest BCUT2D eigenvalue weighted by molar-refractivity contribution is 0.122. The van der Waals surface area contributed by atoms with E-state index in [9.17, 15) is 5.11 Å². The monoisotopic (exact) mass is 392 g/mol. The molecule has 1 aliphatic rings. The van der Waals surface area contributed by atoms with Crippen LogP contribution in [0.2, 0.25) is 0 Å². The third-order valence-electron chi connectivity index (χ3n) is 4.83. The molecule has 0 atom stereocenters. The maximum Gasteiger partial charge on any atom is 0.255 e. The van der Waals surface area contributed by atoms with Crippen LogP contribution in [-0.4, -0.2) is 56.1 Å². The number of nitrogens with zero attached hydrogens (tertiary/aromatic N) is 6. The Balaban J connectivity index is 1.60. The molecule has 9 heteroatoms. The SMILES string of the molecule is Cc1cccc(-c2ccn(-c3nc(N4CCOCC4)c4nc(CO)oc4n3)n2)c1. The van der Waals surface area contributed by atoms with Gasteiger partial charge in [-0.2, -0.15) is 15.1 Å². The van der Waals surface area contributed by atoms with Crippen molar-refractivity contribution in [3.8, 4) is 17.2 Å². The molecule has 0 spiro atoms. The minimum atomic E-state index is -0.298. The molecule has 1 saturated heterocycles. The summed E-state index contributed by atoms with van der Waals surface area (Å²) in [6, 6.07) is 10.1. The Hall–Kier alpha value is -3.30. The maximum atomic E-state index is 9.42. The van der Waals surface area contributed by atoms with Crippen molar-refractivity contribution in [3.63, 3.8) is 0 Å². The number of aliphatic hydroxyl groups is 1. The van der Waals surface area contributed by atoms with Gasteiger partial charge in [-0.15, -0.1) is 0 Å². The van der Waals surface area contributed by atoms with Crippen molar-refractivity contribution in [2.45, 2.75) is 13.5 Å². The van der Waals surface area contributed by atoms with Gasteiger partial charge in [0.15, 0.2) is 11.3 Å². The topological polar surface area (TPSA) is 102 Å². The number of aromatic nitrogens is 5. The van der Waals surface area contributed by atoms with Crippen LogP contribution >= 0.6 is 0 Å². The summed E-state index contributed by atoms with van der Waals surface area (Å²) in [6.07, 6.45) is 1.82. The van der Waals surface area contributed by atoms with E-state index >= 15 is 0 Å². The summed E-state index contributed by atoms with van der Waals surface area (Å²) in [5.74, 6) is 1.25. The van der Waals surface area contributed by atoms with Gasteiger partial charge in [-0.1, -0.05) is 23.8 Å². The molecule has 5 rings (SSSR count). The van der Waals surface area contributed by atoms with E-state index in [2.05, 4.69) is 39.0 Å². The first-order valence-corrected chi connectivity index (χ1v) is 9.45. The van der Waals surface area contributed by atoms with Gasteiger partial charge < -0.3 is 19.2 Å². The van der Waals surface area contributed by atoms with E-state index in [-0.39, 0.29) is 12.5 Å². The molecule has 1 aromatic carbocycles. The quantitative estimate of drug-likeness (QED) is 0.563. The average Bonchev–Trinajstić information content (AvgIpc) is 3.41. The summed E-state index contributed by atoms with van der Waals surface area (Å²) < 4.78 is 12.7. The number of hydrogen-bond acceptors (Lipinski definition) is 8. The minimum absolute atomic E-state index is 0.210. The molecule has 0 radical (unpaired) electrons. The second-order valence-electron chi connectivity index (χ2n) is 6.88. The van der Waals surface area contributed by atoms with Crippen molar-refractivity contribution < 1.29 is 14.3 Å². The summed E-state index contributed by atoms with van der Waals surface area (Å²) in [5.41, 5.74) is 3.89. The van der Waals surface area contributed by atoms with Gasteiger partial charge in [0.05, 0.1) is 18.9 Å². The van der Waals surface area contributed by atoms with Gasteiger partial charge >= 0.3 is 0 Å². The van der Waals surface area contributed by atoms with Crippen LogP contribution in [0.4, 0.5) is 5.82 Å². The second-order valence-corrected chi connectivity index (χ2v) is 6.88. The zero-order valence-corrected chi connectivity index (χ0v) is 15.9. The van der Waals surface area contributed by atoms with E-state index in [1.807, 2.05) is 24.4 Å². The summed E-state index contributed by atoms with van der Waals surface area (Å²) in [7, 11) is 0. The minimum Gasteiger partial charge on any atom is -0.419 e. The van der Waals surface area contributed by atoms with Gasteiger partial charge in [0.2, 0.25) is 5.89 Å². The molecule has 4 aromatic rings. The molecule has 3 aromatic heterocycles. The zero-order valence-electron chi connectivity index (χ0n) is 15.9. The molecular formula is C20H20N6O3. The fraction of sp³-hybridized carbons (Fsp3) is 0.300. The Labute approximate surface area is 166 Å². The van der Waals surface area contributed by atoms with Crippen molar-refractivity contribution >= 4 is 17.0 Å². The van der Waals surface area contributed by atoms with Crippen LogP contribution < -0.4 is 4.90 Å². The lowest BCUT2D eigenvalue weighted by atomic mass is 10.1. The third-order valence-corrected chi connectivity index (χ3v) is 4.83. The number of fused-ring (bicyclic) bond motifs is 1. The fourth-order valence-electron chi connectivity index (χ4n) is 3.40. The first kappa shape index (κ1) is 17.8. The predicted molar refractivity (Wildman–Crippen MR) is 106 cm³/mol. The van der Waals surface area contributed by atoms with Gasteiger partial charge in [0.1, 0.15) is 6.61 Å². The molecule has 0 aliphatic carbocycles. The van der Waals surface area contributed by atoms with Crippen molar-refractivity contribution in [3.05, 3.63) is 48.0 Å². The van der Waals surface area contributed by atoms with E-state index in [0.717, 1.165) is 11.3 Å². The highest BCUT2D eigenvalue weighted by atomic mass is 16.5. The number of benzene rings is 1. The van der Waals surface area contributed by atoms with E-state index < -0.39 is 0 Å². The number of anilines is 1. The molecule has 1 fully saturated rings. The molecule has 148 valence electrons. The van der Waals surface area contributed by atoms with Gasteiger partial charge in [0.25, 0.3) is 11.7 Å². The highest BCUT2D eigenvalue weighted by Crippen LogP contribution is 2.27. The number of morpholine rings is 1. The smallest absolute Gasteiger partial charge is 0.255 e. The molecule has 4 heterocycles. The maximum absolute atomic E-state index is 9.42. The van der Waals surface area contributed by atoms with Crippen LogP contribution in [0.3, 0.4) is 0 Å². The van der Waals surface area contributed by atoms with Crippen LogP contribution in [0, 0.1) is 6.92 Å². The predicted octanol–water partition coefficient (Wildman–Crippen LogP) is 2.11. The molecule has 0 unspecified atom stereocenters. The highest BCUT2D eigenvalue weighted by Gasteiger charge is 2.22. The Morgan fingerprint density at radius 3 is 2.76 bits per heavy atom. The molecular weight excluding hydrogens is 372 g/mol. The molecule has 0 saturated carbocycles. The van der Waals surface area contributed by atoms with Crippen LogP contribution in [0.1, 0.15) is 11.5 Å².